The van der Waals surface area contributed by atoms with Crippen molar-refractivity contribution in [3.05, 3.63) is 11.6 Å². The van der Waals surface area contributed by atoms with Crippen LogP contribution >= 0.6 is 0 Å². The number of imide groups is 1. The first-order chi connectivity index (χ1) is 6.65. The average Bonchev–Trinajstić information content (AvgIpc) is 2.45. The van der Waals surface area contributed by atoms with Crippen molar-refractivity contribution >= 4 is 17.8 Å². The van der Waals surface area contributed by atoms with Gasteiger partial charge in [-0.1, -0.05) is 13.3 Å². The lowest BCUT2D eigenvalue weighted by Crippen LogP contribution is -2.25. The van der Waals surface area contributed by atoms with E-state index in [1.165, 1.54) is 0 Å². The van der Waals surface area contributed by atoms with Crippen molar-refractivity contribution in [2.75, 3.05) is 6.61 Å². The third kappa shape index (κ3) is 2.42. The van der Waals surface area contributed by atoms with E-state index in [0.29, 0.717) is 0 Å². The molecule has 0 atom stereocenters. The first kappa shape index (κ1) is 10.4. The molecule has 1 aliphatic heterocycles. The molecule has 0 saturated heterocycles. The molecule has 5 heteroatoms. The molecule has 76 valence electrons. The largest absolute Gasteiger partial charge is 0.462 e. The second-order valence-corrected chi connectivity index (χ2v) is 2.87. The van der Waals surface area contributed by atoms with Gasteiger partial charge in [0.1, 0.15) is 5.57 Å². The van der Waals surface area contributed by atoms with Crippen molar-refractivity contribution in [2.45, 2.75) is 19.8 Å². The average molecular weight is 197 g/mol. The molecular formula is C9H11NO4. The molecule has 0 saturated carbocycles. The normalized spacial score (nSPS) is 15.1. The molecule has 1 rings (SSSR count). The van der Waals surface area contributed by atoms with Crippen LogP contribution in [0.15, 0.2) is 11.6 Å². The molecule has 0 aromatic rings. The lowest BCUT2D eigenvalue weighted by Gasteiger charge is -2.01. The van der Waals surface area contributed by atoms with E-state index in [2.05, 4.69) is 0 Å². The van der Waals surface area contributed by atoms with Crippen molar-refractivity contribution in [3.63, 3.8) is 0 Å². The van der Waals surface area contributed by atoms with Crippen LogP contribution < -0.4 is 5.32 Å². The fourth-order valence-corrected chi connectivity index (χ4v) is 0.951. The van der Waals surface area contributed by atoms with Crippen LogP contribution in [-0.4, -0.2) is 24.4 Å². The Balaban J connectivity index is 2.49. The maximum Gasteiger partial charge on any atom is 0.343 e. The Kier molecular flexibility index (Phi) is 3.39. The molecule has 5 nitrogen and oxygen atoms in total. The minimum atomic E-state index is -0.734. The lowest BCUT2D eigenvalue weighted by atomic mass is 10.3. The summed E-state index contributed by atoms with van der Waals surface area (Å²) in [7, 11) is 0. The zero-order valence-corrected chi connectivity index (χ0v) is 7.83. The van der Waals surface area contributed by atoms with E-state index in [9.17, 15) is 14.4 Å². The Morgan fingerprint density at radius 3 is 2.71 bits per heavy atom. The highest BCUT2D eigenvalue weighted by atomic mass is 16.5. The van der Waals surface area contributed by atoms with Gasteiger partial charge in [-0.2, -0.15) is 0 Å². The molecular weight excluding hydrogens is 186 g/mol. The summed E-state index contributed by atoms with van der Waals surface area (Å²) in [6, 6.07) is 0. The second kappa shape index (κ2) is 4.55. The Bertz CT molecular complexity index is 306. The summed E-state index contributed by atoms with van der Waals surface area (Å²) in [5.74, 6) is -1.99. The summed E-state index contributed by atoms with van der Waals surface area (Å²) >= 11 is 0. The number of hydrogen-bond donors (Lipinski definition) is 1. The minimum Gasteiger partial charge on any atom is -0.462 e. The van der Waals surface area contributed by atoms with E-state index >= 15 is 0 Å². The van der Waals surface area contributed by atoms with Crippen LogP contribution in [0.5, 0.6) is 0 Å². The van der Waals surface area contributed by atoms with Crippen molar-refractivity contribution in [1.82, 2.24) is 5.32 Å². The third-order valence-corrected chi connectivity index (χ3v) is 1.71. The maximum absolute atomic E-state index is 11.2. The quantitative estimate of drug-likeness (QED) is 0.296. The van der Waals surface area contributed by atoms with Gasteiger partial charge < -0.3 is 4.74 Å². The Morgan fingerprint density at radius 2 is 2.21 bits per heavy atom. The van der Waals surface area contributed by atoms with E-state index in [4.69, 9.17) is 4.74 Å². The summed E-state index contributed by atoms with van der Waals surface area (Å²) < 4.78 is 4.76. The van der Waals surface area contributed by atoms with Gasteiger partial charge >= 0.3 is 5.97 Å². The van der Waals surface area contributed by atoms with Crippen LogP contribution in [0.4, 0.5) is 0 Å². The number of rotatable bonds is 4. The van der Waals surface area contributed by atoms with E-state index in [1.54, 1.807) is 0 Å². The zero-order valence-electron chi connectivity index (χ0n) is 7.83. The Labute approximate surface area is 81.1 Å². The van der Waals surface area contributed by atoms with Crippen LogP contribution in [0.3, 0.4) is 0 Å². The molecule has 0 unspecified atom stereocenters. The summed E-state index contributed by atoms with van der Waals surface area (Å²) in [6.45, 7) is 2.23. The number of carbonyl (C=O) groups is 3. The highest BCUT2D eigenvalue weighted by Crippen LogP contribution is 2.05. The number of carbonyl (C=O) groups excluding carboxylic acids is 3. The molecule has 1 aliphatic rings. The van der Waals surface area contributed by atoms with Crippen molar-refractivity contribution in [1.29, 1.82) is 0 Å². The van der Waals surface area contributed by atoms with Crippen molar-refractivity contribution in [3.8, 4) is 0 Å². The van der Waals surface area contributed by atoms with Gasteiger partial charge in [0.25, 0.3) is 11.8 Å². The van der Waals surface area contributed by atoms with E-state index in [-0.39, 0.29) is 12.2 Å². The monoisotopic (exact) mass is 197 g/mol. The number of unbranched alkanes of at least 4 members (excludes halogenated alkanes) is 1. The van der Waals surface area contributed by atoms with Gasteiger partial charge in [-0.25, -0.2) is 4.79 Å². The highest BCUT2D eigenvalue weighted by Gasteiger charge is 2.27. The fourth-order valence-electron chi connectivity index (χ4n) is 0.951. The lowest BCUT2D eigenvalue weighted by molar-refractivity contribution is -0.140. The van der Waals surface area contributed by atoms with Gasteiger partial charge in [-0.15, -0.1) is 0 Å². The molecule has 1 N–H and O–H groups in total. The van der Waals surface area contributed by atoms with Crippen LogP contribution in [0.25, 0.3) is 0 Å². The standard InChI is InChI=1S/C9H11NO4/c1-2-3-4-14-9(13)6-5-7(11)10-8(6)12/h5H,2-4H2,1H3,(H,10,11,12). The van der Waals surface area contributed by atoms with E-state index in [0.717, 1.165) is 18.9 Å². The van der Waals surface area contributed by atoms with Gasteiger partial charge in [0.15, 0.2) is 0 Å². The first-order valence-electron chi connectivity index (χ1n) is 4.39. The van der Waals surface area contributed by atoms with E-state index < -0.39 is 17.8 Å². The number of ether oxygens (including phenoxy) is 1. The maximum atomic E-state index is 11.2. The van der Waals surface area contributed by atoms with Crippen LogP contribution in [0.1, 0.15) is 19.8 Å². The Morgan fingerprint density at radius 1 is 1.50 bits per heavy atom. The molecule has 1 heterocycles. The fraction of sp³-hybridized carbons (Fsp3) is 0.444. The molecule has 0 bridgehead atoms. The van der Waals surface area contributed by atoms with Crippen LogP contribution in [0.2, 0.25) is 0 Å². The summed E-state index contributed by atoms with van der Waals surface area (Å²) in [5, 5.41) is 1.97. The number of nitrogens with one attached hydrogen (secondary N) is 1. The number of amides is 2. The van der Waals surface area contributed by atoms with Gasteiger partial charge in [0, 0.05) is 6.08 Å². The Hall–Kier alpha value is -1.65. The minimum absolute atomic E-state index is 0.217. The third-order valence-electron chi connectivity index (χ3n) is 1.71. The SMILES string of the molecule is CCCCOC(=O)C1=CC(=O)NC1=O. The topological polar surface area (TPSA) is 72.5 Å². The number of hydrogen-bond acceptors (Lipinski definition) is 4. The molecule has 0 aromatic carbocycles. The first-order valence-corrected chi connectivity index (χ1v) is 4.39. The molecule has 14 heavy (non-hydrogen) atoms. The van der Waals surface area contributed by atoms with Gasteiger partial charge in [-0.05, 0) is 6.42 Å². The summed E-state index contributed by atoms with van der Waals surface area (Å²) in [6.07, 6.45) is 2.60. The van der Waals surface area contributed by atoms with Crippen LogP contribution in [-0.2, 0) is 19.1 Å². The molecule has 0 aliphatic carbocycles. The summed E-state index contributed by atoms with van der Waals surface area (Å²) in [5.41, 5.74) is -0.217. The van der Waals surface area contributed by atoms with Crippen molar-refractivity contribution < 1.29 is 19.1 Å². The highest BCUT2D eigenvalue weighted by molar-refractivity contribution is 6.28. The van der Waals surface area contributed by atoms with Gasteiger partial charge in [-0.3, -0.25) is 14.9 Å². The second-order valence-electron chi connectivity index (χ2n) is 2.87. The smallest absolute Gasteiger partial charge is 0.343 e. The molecule has 0 fully saturated rings. The van der Waals surface area contributed by atoms with Gasteiger partial charge in [0.2, 0.25) is 0 Å². The van der Waals surface area contributed by atoms with Crippen molar-refractivity contribution in [2.24, 2.45) is 0 Å². The summed E-state index contributed by atoms with van der Waals surface area (Å²) in [4.78, 5) is 32.8. The predicted molar refractivity (Wildman–Crippen MR) is 47.1 cm³/mol. The molecule has 0 radical (unpaired) electrons. The molecule has 0 spiro atoms. The zero-order chi connectivity index (χ0) is 10.6. The van der Waals surface area contributed by atoms with Gasteiger partial charge in [0.05, 0.1) is 6.61 Å². The predicted octanol–water partition coefficient (Wildman–Crippen LogP) is -0.0875. The molecule has 2 amide bonds. The van der Waals surface area contributed by atoms with E-state index in [1.807, 2.05) is 12.2 Å². The van der Waals surface area contributed by atoms with Crippen LogP contribution in [0, 0.1) is 0 Å². The molecule has 0 aromatic heterocycles. The number of esters is 1.